The van der Waals surface area contributed by atoms with Gasteiger partial charge in [-0.05, 0) is 39.5 Å². The lowest BCUT2D eigenvalue weighted by molar-refractivity contribution is -0.128. The third kappa shape index (κ3) is 4.43. The van der Waals surface area contributed by atoms with Gasteiger partial charge in [-0.1, -0.05) is 0 Å². The van der Waals surface area contributed by atoms with E-state index in [4.69, 9.17) is 4.74 Å². The largest absolute Gasteiger partial charge is 0.444 e. The van der Waals surface area contributed by atoms with Gasteiger partial charge < -0.3 is 9.64 Å². The zero-order chi connectivity index (χ0) is 18.5. The van der Waals surface area contributed by atoms with E-state index in [1.165, 1.54) is 0 Å². The lowest BCUT2D eigenvalue weighted by Gasteiger charge is -2.58. The van der Waals surface area contributed by atoms with Crippen LogP contribution in [-0.4, -0.2) is 51.0 Å². The molecule has 0 bridgehead atoms. The number of ether oxygens (including phenoxy) is 1. The molecule has 1 amide bonds. The van der Waals surface area contributed by atoms with Gasteiger partial charge in [0.25, 0.3) is 0 Å². The lowest BCUT2D eigenvalue weighted by Crippen LogP contribution is -2.64. The normalized spacial score (nSPS) is 20.3. The van der Waals surface area contributed by atoms with Crippen LogP contribution in [0.5, 0.6) is 0 Å². The van der Waals surface area contributed by atoms with Gasteiger partial charge in [0.15, 0.2) is 5.82 Å². The second-order valence-electron chi connectivity index (χ2n) is 8.31. The number of H-pyrrole nitrogens is 1. The Morgan fingerprint density at radius 1 is 1.32 bits per heavy atom. The summed E-state index contributed by atoms with van der Waals surface area (Å²) in [5.41, 5.74) is -0.353. The van der Waals surface area contributed by atoms with Crippen LogP contribution < -0.4 is 0 Å². The van der Waals surface area contributed by atoms with E-state index in [9.17, 15) is 18.0 Å². The molecule has 1 aromatic rings. The molecular weight excluding hydrogens is 337 g/mol. The highest BCUT2D eigenvalue weighted by Crippen LogP contribution is 2.52. The molecule has 1 saturated heterocycles. The molecule has 1 spiro atoms. The number of hydrogen-bond donors (Lipinski definition) is 1. The highest BCUT2D eigenvalue weighted by atomic mass is 19.4. The maximum absolute atomic E-state index is 12.3. The molecule has 0 aromatic carbocycles. The number of alkyl halides is 3. The van der Waals surface area contributed by atoms with Gasteiger partial charge >= 0.3 is 12.3 Å². The van der Waals surface area contributed by atoms with Gasteiger partial charge in [-0.2, -0.15) is 18.3 Å². The van der Waals surface area contributed by atoms with Gasteiger partial charge in [-0.3, -0.25) is 5.10 Å². The van der Waals surface area contributed by atoms with Gasteiger partial charge in [0.1, 0.15) is 17.8 Å². The van der Waals surface area contributed by atoms with Crippen LogP contribution in [0, 0.1) is 11.3 Å². The van der Waals surface area contributed by atoms with Crippen molar-refractivity contribution < 1.29 is 22.7 Å². The van der Waals surface area contributed by atoms with Crippen LogP contribution in [0.4, 0.5) is 18.0 Å². The summed E-state index contributed by atoms with van der Waals surface area (Å²) in [5.74, 6) is 0.647. The fourth-order valence-corrected chi connectivity index (χ4v) is 3.74. The first kappa shape index (κ1) is 18.0. The standard InChI is InChI=1S/C16H23F3N4O2/c1-14(2,3)25-13(24)23-8-15(9-23)5-10(6-15)4-11-20-12(22-21-11)7-16(17,18)19/h10H,4-9H2,1-3H3,(H,20,21,22). The second kappa shape index (κ2) is 5.88. The molecule has 0 atom stereocenters. The molecule has 1 aliphatic heterocycles. The van der Waals surface area contributed by atoms with Gasteiger partial charge in [-0.15, -0.1) is 0 Å². The summed E-state index contributed by atoms with van der Waals surface area (Å²) < 4.78 is 42.3. The molecule has 25 heavy (non-hydrogen) atoms. The minimum Gasteiger partial charge on any atom is -0.444 e. The zero-order valence-corrected chi connectivity index (χ0v) is 14.6. The molecule has 6 nitrogen and oxygen atoms in total. The van der Waals surface area contributed by atoms with Crippen molar-refractivity contribution in [2.75, 3.05) is 13.1 Å². The summed E-state index contributed by atoms with van der Waals surface area (Å²) in [6.45, 7) is 6.88. The fourth-order valence-electron chi connectivity index (χ4n) is 3.74. The van der Waals surface area contributed by atoms with Crippen molar-refractivity contribution in [3.05, 3.63) is 11.6 Å². The lowest BCUT2D eigenvalue weighted by atomic mass is 9.57. The number of likely N-dealkylation sites (tertiary alicyclic amines) is 1. The Morgan fingerprint density at radius 2 is 1.96 bits per heavy atom. The van der Waals surface area contributed by atoms with E-state index in [1.807, 2.05) is 20.8 Å². The highest BCUT2D eigenvalue weighted by molar-refractivity contribution is 5.69. The number of aromatic amines is 1. The van der Waals surface area contributed by atoms with Crippen LogP contribution in [0.2, 0.25) is 0 Å². The first-order valence-corrected chi connectivity index (χ1v) is 8.38. The van der Waals surface area contributed by atoms with E-state index in [1.54, 1.807) is 4.90 Å². The molecule has 9 heteroatoms. The van der Waals surface area contributed by atoms with Gasteiger partial charge in [0.2, 0.25) is 0 Å². The van der Waals surface area contributed by atoms with Crippen LogP contribution in [-0.2, 0) is 17.6 Å². The number of carbonyl (C=O) groups excluding carboxylic acids is 1. The van der Waals surface area contributed by atoms with Crippen molar-refractivity contribution in [3.63, 3.8) is 0 Å². The first-order chi connectivity index (χ1) is 11.4. The number of nitrogens with zero attached hydrogens (tertiary/aromatic N) is 3. The van der Waals surface area contributed by atoms with E-state index in [2.05, 4.69) is 15.2 Å². The summed E-state index contributed by atoms with van der Waals surface area (Å²) in [6.07, 6.45) is -3.20. The summed E-state index contributed by atoms with van der Waals surface area (Å²) in [7, 11) is 0. The Labute approximate surface area is 144 Å². The molecule has 1 aromatic heterocycles. The van der Waals surface area contributed by atoms with Crippen LogP contribution in [0.15, 0.2) is 0 Å². The summed E-state index contributed by atoms with van der Waals surface area (Å²) >= 11 is 0. The van der Waals surface area contributed by atoms with Crippen molar-refractivity contribution in [3.8, 4) is 0 Å². The van der Waals surface area contributed by atoms with E-state index < -0.39 is 18.2 Å². The van der Waals surface area contributed by atoms with E-state index in [0.29, 0.717) is 31.3 Å². The Hall–Kier alpha value is -1.80. The van der Waals surface area contributed by atoms with Crippen LogP contribution in [0.1, 0.15) is 45.3 Å². The van der Waals surface area contributed by atoms with E-state index in [-0.39, 0.29) is 17.3 Å². The fraction of sp³-hybridized carbons (Fsp3) is 0.812. The molecule has 3 rings (SSSR count). The molecule has 2 fully saturated rings. The van der Waals surface area contributed by atoms with Crippen molar-refractivity contribution in [1.29, 1.82) is 0 Å². The van der Waals surface area contributed by atoms with Crippen LogP contribution >= 0.6 is 0 Å². The van der Waals surface area contributed by atoms with E-state index >= 15 is 0 Å². The van der Waals surface area contributed by atoms with Crippen LogP contribution in [0.25, 0.3) is 0 Å². The average Bonchev–Trinajstić information content (AvgIpc) is 2.72. The molecule has 0 radical (unpaired) electrons. The van der Waals surface area contributed by atoms with Crippen molar-refractivity contribution in [1.82, 2.24) is 20.1 Å². The number of carbonyl (C=O) groups is 1. The van der Waals surface area contributed by atoms with Gasteiger partial charge in [0, 0.05) is 24.9 Å². The summed E-state index contributed by atoms with van der Waals surface area (Å²) in [5, 5.41) is 6.23. The minimum atomic E-state index is -4.28. The van der Waals surface area contributed by atoms with Crippen molar-refractivity contribution in [2.24, 2.45) is 11.3 Å². The third-order valence-corrected chi connectivity index (χ3v) is 4.56. The molecule has 140 valence electrons. The summed E-state index contributed by atoms with van der Waals surface area (Å²) in [6, 6.07) is 0. The number of amides is 1. The zero-order valence-electron chi connectivity index (χ0n) is 14.6. The average molecular weight is 360 g/mol. The number of hydrogen-bond acceptors (Lipinski definition) is 4. The quantitative estimate of drug-likeness (QED) is 0.899. The molecule has 2 aliphatic rings. The van der Waals surface area contributed by atoms with Crippen molar-refractivity contribution >= 4 is 6.09 Å². The monoisotopic (exact) mass is 360 g/mol. The van der Waals surface area contributed by atoms with Gasteiger partial charge in [0.05, 0.1) is 0 Å². The Balaban J connectivity index is 1.42. The molecule has 1 N–H and O–H groups in total. The third-order valence-electron chi connectivity index (χ3n) is 4.56. The second-order valence-corrected chi connectivity index (χ2v) is 8.31. The number of halogens is 3. The smallest absolute Gasteiger partial charge is 0.410 e. The first-order valence-electron chi connectivity index (χ1n) is 8.38. The maximum atomic E-state index is 12.3. The van der Waals surface area contributed by atoms with Crippen molar-refractivity contribution in [2.45, 2.75) is 58.2 Å². The van der Waals surface area contributed by atoms with Crippen LogP contribution in [0.3, 0.4) is 0 Å². The number of nitrogens with one attached hydrogen (secondary N) is 1. The Bertz CT molecular complexity index is 637. The topological polar surface area (TPSA) is 71.1 Å². The number of aromatic nitrogens is 3. The predicted octanol–water partition coefficient (Wildman–Crippen LogP) is 3.10. The maximum Gasteiger partial charge on any atom is 0.410 e. The van der Waals surface area contributed by atoms with E-state index in [0.717, 1.165) is 12.8 Å². The molecule has 1 saturated carbocycles. The Kier molecular flexibility index (Phi) is 4.23. The molecule has 0 unspecified atom stereocenters. The SMILES string of the molecule is CC(C)(C)OC(=O)N1CC2(CC(Cc3n[nH]c(CC(F)(F)F)n3)C2)C1. The molecule has 1 aliphatic carbocycles. The minimum absolute atomic E-state index is 0.142. The summed E-state index contributed by atoms with van der Waals surface area (Å²) in [4.78, 5) is 17.6. The Morgan fingerprint density at radius 3 is 2.52 bits per heavy atom. The predicted molar refractivity (Wildman–Crippen MR) is 82.8 cm³/mol. The number of rotatable bonds is 3. The van der Waals surface area contributed by atoms with Gasteiger partial charge in [-0.25, -0.2) is 9.78 Å². The molecular formula is C16H23F3N4O2. The molecule has 2 heterocycles. The highest BCUT2D eigenvalue weighted by Gasteiger charge is 2.54.